The minimum Gasteiger partial charge on any atom is -0.395 e. The molecule has 23 heavy (non-hydrogen) atoms. The summed E-state index contributed by atoms with van der Waals surface area (Å²) in [6.07, 6.45) is 2.08. The number of rotatable bonds is 9. The minimum atomic E-state index is 0.166. The second kappa shape index (κ2) is 10.8. The molecule has 0 aromatic heterocycles. The molecule has 0 radical (unpaired) electrons. The van der Waals surface area contributed by atoms with Gasteiger partial charge in [-0.1, -0.05) is 13.8 Å². The molecule has 0 saturated heterocycles. The van der Waals surface area contributed by atoms with Crippen LogP contribution in [-0.2, 0) is 0 Å². The normalized spacial score (nSPS) is 12.4. The van der Waals surface area contributed by atoms with E-state index >= 15 is 0 Å². The molecule has 0 saturated carbocycles. The highest BCUT2D eigenvalue weighted by Gasteiger charge is 2.06. The van der Waals surface area contributed by atoms with Gasteiger partial charge in [0.15, 0.2) is 0 Å². The van der Waals surface area contributed by atoms with E-state index in [1.807, 2.05) is 19.1 Å². The van der Waals surface area contributed by atoms with E-state index in [1.165, 1.54) is 0 Å². The zero-order chi connectivity index (χ0) is 17.1. The third-order valence-corrected chi connectivity index (χ3v) is 3.50. The highest BCUT2D eigenvalue weighted by Crippen LogP contribution is 2.18. The fourth-order valence-corrected chi connectivity index (χ4v) is 2.32. The first kappa shape index (κ1) is 19.2. The summed E-state index contributed by atoms with van der Waals surface area (Å²) < 4.78 is 0. The molecule has 1 rings (SSSR count). The van der Waals surface area contributed by atoms with E-state index < -0.39 is 0 Å². The van der Waals surface area contributed by atoms with Gasteiger partial charge in [0, 0.05) is 38.1 Å². The third kappa shape index (κ3) is 6.40. The predicted molar refractivity (Wildman–Crippen MR) is 101 cm³/mol. The smallest absolute Gasteiger partial charge is 0.146 e. The number of amidine groups is 1. The number of aliphatic hydroxyl groups excluding tert-OH is 1. The van der Waals surface area contributed by atoms with E-state index in [2.05, 4.69) is 46.2 Å². The van der Waals surface area contributed by atoms with Crippen LogP contribution in [0.1, 0.15) is 33.6 Å². The van der Waals surface area contributed by atoms with E-state index in [1.54, 1.807) is 7.05 Å². The Morgan fingerprint density at radius 2 is 1.83 bits per heavy atom. The van der Waals surface area contributed by atoms with Crippen molar-refractivity contribution in [1.82, 2.24) is 0 Å². The number of hydrogen-bond acceptors (Lipinski definition) is 4. The van der Waals surface area contributed by atoms with Crippen molar-refractivity contribution >= 4 is 22.9 Å². The average Bonchev–Trinajstić information content (AvgIpc) is 2.58. The first-order valence-electron chi connectivity index (χ1n) is 8.37. The van der Waals surface area contributed by atoms with Crippen LogP contribution >= 0.6 is 0 Å². The molecule has 0 unspecified atom stereocenters. The van der Waals surface area contributed by atoms with Gasteiger partial charge in [-0.3, -0.25) is 9.98 Å². The van der Waals surface area contributed by atoms with Crippen LogP contribution in [0.4, 0.5) is 11.4 Å². The quantitative estimate of drug-likeness (QED) is 0.543. The Hall–Kier alpha value is -1.88. The number of benzene rings is 1. The summed E-state index contributed by atoms with van der Waals surface area (Å²) in [5.41, 5.74) is 3.03. The molecule has 2 N–H and O–H groups in total. The van der Waals surface area contributed by atoms with Crippen molar-refractivity contribution in [3.05, 3.63) is 24.3 Å². The monoisotopic (exact) mass is 318 g/mol. The molecule has 5 heteroatoms. The van der Waals surface area contributed by atoms with Gasteiger partial charge >= 0.3 is 0 Å². The van der Waals surface area contributed by atoms with E-state index in [0.717, 1.165) is 48.9 Å². The lowest BCUT2D eigenvalue weighted by Crippen LogP contribution is -2.27. The average molecular weight is 318 g/mol. The van der Waals surface area contributed by atoms with Crippen molar-refractivity contribution in [2.45, 2.75) is 33.6 Å². The zero-order valence-corrected chi connectivity index (χ0v) is 14.8. The highest BCUT2D eigenvalue weighted by molar-refractivity contribution is 6.44. The molecule has 0 amide bonds. The van der Waals surface area contributed by atoms with Crippen molar-refractivity contribution < 1.29 is 5.11 Å². The summed E-state index contributed by atoms with van der Waals surface area (Å²) in [4.78, 5) is 11.0. The van der Waals surface area contributed by atoms with Crippen LogP contribution in [0.2, 0.25) is 0 Å². The van der Waals surface area contributed by atoms with Gasteiger partial charge in [0.25, 0.3) is 0 Å². The van der Waals surface area contributed by atoms with Gasteiger partial charge in [-0.25, -0.2) is 0 Å². The van der Waals surface area contributed by atoms with Crippen LogP contribution in [0.5, 0.6) is 0 Å². The molecule has 1 aromatic carbocycles. The highest BCUT2D eigenvalue weighted by atomic mass is 16.3. The van der Waals surface area contributed by atoms with E-state index in [4.69, 9.17) is 0 Å². The molecule has 128 valence electrons. The Bertz CT molecular complexity index is 502. The Balaban J connectivity index is 2.79. The molecule has 0 spiro atoms. The maximum atomic E-state index is 9.18. The van der Waals surface area contributed by atoms with Crippen molar-refractivity contribution in [3.63, 3.8) is 0 Å². The Labute approximate surface area is 140 Å². The molecule has 0 heterocycles. The minimum absolute atomic E-state index is 0.166. The van der Waals surface area contributed by atoms with Crippen LogP contribution in [0.25, 0.3) is 0 Å². The fraction of sp³-hybridized carbons (Fsp3) is 0.556. The molecular weight excluding hydrogens is 288 g/mol. The number of anilines is 2. The molecule has 0 fully saturated rings. The zero-order valence-electron chi connectivity index (χ0n) is 14.8. The second-order valence-corrected chi connectivity index (χ2v) is 5.42. The first-order chi connectivity index (χ1) is 11.2. The van der Waals surface area contributed by atoms with E-state index in [-0.39, 0.29) is 6.61 Å². The molecule has 0 aliphatic heterocycles. The lowest BCUT2D eigenvalue weighted by Gasteiger charge is -2.23. The third-order valence-electron chi connectivity index (χ3n) is 3.50. The van der Waals surface area contributed by atoms with Gasteiger partial charge in [-0.05, 0) is 44.0 Å². The first-order valence-corrected chi connectivity index (χ1v) is 8.37. The molecule has 0 bridgehead atoms. The fourth-order valence-electron chi connectivity index (χ4n) is 2.32. The molecule has 0 atom stereocenters. The lowest BCUT2D eigenvalue weighted by molar-refractivity contribution is 0.302. The topological polar surface area (TPSA) is 60.2 Å². The van der Waals surface area contributed by atoms with E-state index in [9.17, 15) is 5.11 Å². The lowest BCUT2D eigenvalue weighted by atomic mass is 10.2. The number of aliphatic imine (C=N–C) groups is 2. The molecular formula is C18H30N4O. The van der Waals surface area contributed by atoms with E-state index in [0.29, 0.717) is 6.54 Å². The largest absolute Gasteiger partial charge is 0.395 e. The maximum Gasteiger partial charge on any atom is 0.146 e. The molecule has 0 aliphatic carbocycles. The summed E-state index contributed by atoms with van der Waals surface area (Å²) in [5, 5.41) is 12.5. The summed E-state index contributed by atoms with van der Waals surface area (Å²) in [6, 6.07) is 8.21. The maximum absolute atomic E-state index is 9.18. The summed E-state index contributed by atoms with van der Waals surface area (Å²) in [5.74, 6) is 0.798. The Kier molecular flexibility index (Phi) is 8.98. The summed E-state index contributed by atoms with van der Waals surface area (Å²) in [7, 11) is 1.77. The number of nitrogens with zero attached hydrogens (tertiary/aromatic N) is 3. The SMILES string of the molecule is CCCN=C(C)C(=NC)Nc1ccc(N(CCC)CCO)cc1. The van der Waals surface area contributed by atoms with Gasteiger partial charge in [0.1, 0.15) is 5.84 Å². The summed E-state index contributed by atoms with van der Waals surface area (Å²) >= 11 is 0. The Morgan fingerprint density at radius 1 is 1.13 bits per heavy atom. The number of aliphatic hydroxyl groups is 1. The van der Waals surface area contributed by atoms with Crippen molar-refractivity contribution in [2.75, 3.05) is 43.5 Å². The van der Waals surface area contributed by atoms with Gasteiger partial charge in [-0.15, -0.1) is 0 Å². The van der Waals surface area contributed by atoms with Crippen LogP contribution in [0.3, 0.4) is 0 Å². The summed E-state index contributed by atoms with van der Waals surface area (Å²) in [6.45, 7) is 8.81. The second-order valence-electron chi connectivity index (χ2n) is 5.42. The standard InChI is InChI=1S/C18H30N4O/c1-5-11-20-15(3)18(19-4)21-16-7-9-17(10-8-16)22(12-6-2)13-14-23/h7-10,23H,5-6,11-14H2,1-4H3,(H,19,21). The van der Waals surface area contributed by atoms with Gasteiger partial charge in [-0.2, -0.15) is 0 Å². The molecule has 5 nitrogen and oxygen atoms in total. The predicted octanol–water partition coefficient (Wildman–Crippen LogP) is 3.21. The van der Waals surface area contributed by atoms with Crippen LogP contribution in [0.15, 0.2) is 34.3 Å². The van der Waals surface area contributed by atoms with Gasteiger partial charge in [0.05, 0.1) is 12.3 Å². The van der Waals surface area contributed by atoms with Gasteiger partial charge in [0.2, 0.25) is 0 Å². The molecule has 1 aromatic rings. The number of nitrogens with one attached hydrogen (secondary N) is 1. The molecule has 0 aliphatic rings. The van der Waals surface area contributed by atoms with Crippen molar-refractivity contribution in [3.8, 4) is 0 Å². The van der Waals surface area contributed by atoms with Crippen molar-refractivity contribution in [1.29, 1.82) is 0 Å². The van der Waals surface area contributed by atoms with Crippen molar-refractivity contribution in [2.24, 2.45) is 9.98 Å². The van der Waals surface area contributed by atoms with Crippen LogP contribution < -0.4 is 10.2 Å². The van der Waals surface area contributed by atoms with Crippen LogP contribution in [0, 0.1) is 0 Å². The van der Waals surface area contributed by atoms with Crippen LogP contribution in [-0.4, -0.2) is 49.9 Å². The Morgan fingerprint density at radius 3 is 2.35 bits per heavy atom. The number of hydrogen-bond donors (Lipinski definition) is 2. The van der Waals surface area contributed by atoms with Gasteiger partial charge < -0.3 is 15.3 Å².